The molecule has 2 aliphatic heterocycles. The highest BCUT2D eigenvalue weighted by Crippen LogP contribution is 2.46. The van der Waals surface area contributed by atoms with Crippen molar-refractivity contribution in [3.05, 3.63) is 70.4 Å². The summed E-state index contributed by atoms with van der Waals surface area (Å²) in [5.74, 6) is 0.0362. The van der Waals surface area contributed by atoms with E-state index in [4.69, 9.17) is 4.74 Å². The Hall–Kier alpha value is -3.40. The fourth-order valence-electron chi connectivity index (χ4n) is 5.90. The van der Waals surface area contributed by atoms with E-state index in [0.29, 0.717) is 11.6 Å². The van der Waals surface area contributed by atoms with Crippen LogP contribution in [0.5, 0.6) is 0 Å². The fraction of sp³-hybridized carbons (Fsp3) is 0.379. The third-order valence-electron chi connectivity index (χ3n) is 8.09. The smallest absolute Gasteiger partial charge is 0.195 e. The molecular formula is C29H30N4O2. The molecule has 1 N–H and O–H groups in total. The van der Waals surface area contributed by atoms with E-state index in [1.54, 1.807) is 6.07 Å². The zero-order valence-electron chi connectivity index (χ0n) is 20.6. The monoisotopic (exact) mass is 466 g/mol. The molecule has 2 fully saturated rings. The number of aromatic amines is 1. The van der Waals surface area contributed by atoms with Gasteiger partial charge < -0.3 is 14.6 Å². The van der Waals surface area contributed by atoms with Gasteiger partial charge in [0.1, 0.15) is 0 Å². The highest BCUT2D eigenvalue weighted by Gasteiger charge is 2.41. The lowest BCUT2D eigenvalue weighted by molar-refractivity contribution is -0.0660. The maximum Gasteiger partial charge on any atom is 0.195 e. The van der Waals surface area contributed by atoms with Gasteiger partial charge in [0.15, 0.2) is 5.78 Å². The lowest BCUT2D eigenvalue weighted by atomic mass is 9.70. The molecule has 2 aromatic carbocycles. The van der Waals surface area contributed by atoms with Crippen LogP contribution in [0, 0.1) is 11.3 Å². The van der Waals surface area contributed by atoms with Crippen LogP contribution in [0.1, 0.15) is 59.1 Å². The molecular weight excluding hydrogens is 436 g/mol. The summed E-state index contributed by atoms with van der Waals surface area (Å²) in [5, 5.41) is 10.2. The Morgan fingerprint density at radius 2 is 1.91 bits per heavy atom. The number of fused-ring (bicyclic) bond motifs is 4. The molecule has 0 spiro atoms. The van der Waals surface area contributed by atoms with E-state index in [0.717, 1.165) is 89.5 Å². The number of piperazine rings is 1. The van der Waals surface area contributed by atoms with Crippen LogP contribution in [0.25, 0.3) is 16.5 Å². The summed E-state index contributed by atoms with van der Waals surface area (Å²) in [7, 11) is 0. The summed E-state index contributed by atoms with van der Waals surface area (Å²) in [6.07, 6.45) is 0. The maximum atomic E-state index is 13.9. The fourth-order valence-corrected chi connectivity index (χ4v) is 5.90. The van der Waals surface area contributed by atoms with Crippen LogP contribution in [0.2, 0.25) is 0 Å². The quantitative estimate of drug-likeness (QED) is 0.617. The van der Waals surface area contributed by atoms with Gasteiger partial charge in [0.2, 0.25) is 0 Å². The van der Waals surface area contributed by atoms with Crippen molar-refractivity contribution < 1.29 is 9.53 Å². The number of nitriles is 1. The van der Waals surface area contributed by atoms with Gasteiger partial charge in [-0.25, -0.2) is 0 Å². The van der Waals surface area contributed by atoms with E-state index in [2.05, 4.69) is 53.4 Å². The van der Waals surface area contributed by atoms with Gasteiger partial charge >= 0.3 is 0 Å². The number of ketones is 1. The van der Waals surface area contributed by atoms with Gasteiger partial charge in [0.05, 0.1) is 36.5 Å². The van der Waals surface area contributed by atoms with Crippen molar-refractivity contribution in [1.29, 1.82) is 5.26 Å². The van der Waals surface area contributed by atoms with E-state index in [9.17, 15) is 10.1 Å². The molecule has 35 heavy (non-hydrogen) atoms. The molecule has 0 amide bonds. The van der Waals surface area contributed by atoms with Gasteiger partial charge in [-0.05, 0) is 42.3 Å². The highest BCUT2D eigenvalue weighted by atomic mass is 16.5. The number of anilines is 1. The number of carbonyl (C=O) groups is 1. The van der Waals surface area contributed by atoms with Crippen LogP contribution >= 0.6 is 0 Å². The van der Waals surface area contributed by atoms with Gasteiger partial charge in [0, 0.05) is 65.0 Å². The zero-order valence-corrected chi connectivity index (χ0v) is 20.6. The molecule has 6 rings (SSSR count). The average molecular weight is 467 g/mol. The van der Waals surface area contributed by atoms with Crippen LogP contribution in [-0.2, 0) is 10.2 Å². The molecule has 0 unspecified atom stereocenters. The number of rotatable bonds is 3. The van der Waals surface area contributed by atoms with Crippen molar-refractivity contribution >= 4 is 27.9 Å². The van der Waals surface area contributed by atoms with Gasteiger partial charge in [-0.3, -0.25) is 9.69 Å². The van der Waals surface area contributed by atoms with Crippen LogP contribution in [0.4, 0.5) is 5.69 Å². The Balaban J connectivity index is 1.45. The zero-order chi connectivity index (χ0) is 24.5. The first-order chi connectivity index (χ1) is 16.8. The summed E-state index contributed by atoms with van der Waals surface area (Å²) < 4.78 is 5.39. The van der Waals surface area contributed by atoms with E-state index in [1.165, 1.54) is 0 Å². The normalized spacial score (nSPS) is 19.7. The SMILES string of the molecule is C=C(C)c1cc2c(cc1N1CCN(C3COC3)CC1)C(C)(C)c1[nH]c3cc(C#N)ccc3c1C2=O. The van der Waals surface area contributed by atoms with Crippen molar-refractivity contribution in [3.8, 4) is 6.07 Å². The number of benzene rings is 2. The van der Waals surface area contributed by atoms with Gasteiger partial charge in [-0.2, -0.15) is 5.26 Å². The van der Waals surface area contributed by atoms with Gasteiger partial charge in [-0.15, -0.1) is 0 Å². The number of ether oxygens (including phenoxy) is 1. The summed E-state index contributed by atoms with van der Waals surface area (Å²) in [4.78, 5) is 22.4. The van der Waals surface area contributed by atoms with Crippen molar-refractivity contribution in [1.82, 2.24) is 9.88 Å². The number of carbonyl (C=O) groups excluding carboxylic acids is 1. The molecule has 3 aliphatic rings. The molecule has 3 aromatic rings. The largest absolute Gasteiger partial charge is 0.378 e. The first-order valence-corrected chi connectivity index (χ1v) is 12.3. The van der Waals surface area contributed by atoms with Crippen molar-refractivity contribution in [2.24, 2.45) is 0 Å². The second kappa shape index (κ2) is 7.81. The minimum absolute atomic E-state index is 0.0362. The number of hydrogen-bond donors (Lipinski definition) is 1. The van der Waals surface area contributed by atoms with Crippen LogP contribution < -0.4 is 4.90 Å². The number of H-pyrrole nitrogens is 1. The number of hydrogen-bond acceptors (Lipinski definition) is 5. The average Bonchev–Trinajstić information content (AvgIpc) is 3.21. The number of nitrogens with one attached hydrogen (secondary N) is 1. The Kier molecular flexibility index (Phi) is 4.93. The lowest BCUT2D eigenvalue weighted by Gasteiger charge is -2.44. The van der Waals surface area contributed by atoms with Crippen molar-refractivity contribution in [2.45, 2.75) is 32.2 Å². The molecule has 0 atom stereocenters. The van der Waals surface area contributed by atoms with Gasteiger partial charge in [0.25, 0.3) is 0 Å². The number of aromatic nitrogens is 1. The van der Waals surface area contributed by atoms with Crippen LogP contribution in [-0.4, -0.2) is 61.1 Å². The Bertz CT molecular complexity index is 1430. The summed E-state index contributed by atoms with van der Waals surface area (Å²) >= 11 is 0. The third-order valence-corrected chi connectivity index (χ3v) is 8.09. The van der Waals surface area contributed by atoms with E-state index in [1.807, 2.05) is 19.1 Å². The minimum atomic E-state index is -0.391. The van der Waals surface area contributed by atoms with Crippen molar-refractivity contribution in [2.75, 3.05) is 44.3 Å². The second-order valence-electron chi connectivity index (χ2n) is 10.6. The standard InChI is InChI=1S/C29H30N4O2/c1-17(2)21-12-22-23(13-25(21)33-9-7-32(8-10-33)19-15-35-16-19)29(3,4)28-26(27(22)34)20-6-5-18(14-30)11-24(20)31-28/h5-6,11-13,19,31H,1,7-10,15-16H2,2-4H3. The first-order valence-electron chi connectivity index (χ1n) is 12.3. The second-order valence-corrected chi connectivity index (χ2v) is 10.6. The topological polar surface area (TPSA) is 72.4 Å². The molecule has 1 aliphatic carbocycles. The first kappa shape index (κ1) is 22.1. The lowest BCUT2D eigenvalue weighted by Crippen LogP contribution is -2.56. The van der Waals surface area contributed by atoms with E-state index < -0.39 is 5.41 Å². The van der Waals surface area contributed by atoms with Crippen LogP contribution in [0.15, 0.2) is 36.9 Å². The highest BCUT2D eigenvalue weighted by molar-refractivity contribution is 6.20. The van der Waals surface area contributed by atoms with Crippen LogP contribution in [0.3, 0.4) is 0 Å². The summed E-state index contributed by atoms with van der Waals surface area (Å²) in [6, 6.07) is 12.6. The molecule has 0 radical (unpaired) electrons. The molecule has 178 valence electrons. The van der Waals surface area contributed by atoms with E-state index >= 15 is 0 Å². The number of allylic oxidation sites excluding steroid dienone is 1. The minimum Gasteiger partial charge on any atom is -0.378 e. The predicted molar refractivity (Wildman–Crippen MR) is 138 cm³/mol. The number of nitrogens with zero attached hydrogens (tertiary/aromatic N) is 3. The Labute approximate surface area is 205 Å². The molecule has 0 saturated carbocycles. The molecule has 1 aromatic heterocycles. The van der Waals surface area contributed by atoms with E-state index in [-0.39, 0.29) is 5.78 Å². The Morgan fingerprint density at radius 3 is 2.54 bits per heavy atom. The maximum absolute atomic E-state index is 13.9. The predicted octanol–water partition coefficient (Wildman–Crippen LogP) is 4.46. The molecule has 3 heterocycles. The molecule has 6 nitrogen and oxygen atoms in total. The Morgan fingerprint density at radius 1 is 1.17 bits per heavy atom. The molecule has 2 saturated heterocycles. The molecule has 0 bridgehead atoms. The molecule has 6 heteroatoms. The van der Waals surface area contributed by atoms with Gasteiger partial charge in [-0.1, -0.05) is 26.5 Å². The summed E-state index contributed by atoms with van der Waals surface area (Å²) in [6.45, 7) is 16.2. The summed E-state index contributed by atoms with van der Waals surface area (Å²) in [5.41, 5.74) is 7.62. The third kappa shape index (κ3) is 3.26. The van der Waals surface area contributed by atoms with Crippen molar-refractivity contribution in [3.63, 3.8) is 0 Å².